The van der Waals surface area contributed by atoms with Gasteiger partial charge in [-0.05, 0) is 18.4 Å². The lowest BCUT2D eigenvalue weighted by Gasteiger charge is -2.33. The molecule has 1 aliphatic rings. The molecule has 1 aromatic rings. The van der Waals surface area contributed by atoms with Gasteiger partial charge in [-0.25, -0.2) is 0 Å². The standard InChI is InChI=1S/C13H19O4P/c14-11-8-4-5-9-12(11)18(16,17)13(15)10-6-2-1-3-7-10/h1-3,6-7,11-15H,4-5,8-9H2,(H,16,17)/t11-,12-,13+/m1/s1. The molecule has 0 aliphatic heterocycles. The van der Waals surface area contributed by atoms with Crippen LogP contribution in [-0.2, 0) is 4.57 Å². The maximum absolute atomic E-state index is 12.4. The zero-order valence-electron chi connectivity index (χ0n) is 10.1. The monoisotopic (exact) mass is 270 g/mol. The molecule has 0 bridgehead atoms. The lowest BCUT2D eigenvalue weighted by Crippen LogP contribution is -2.31. The van der Waals surface area contributed by atoms with E-state index in [1.165, 1.54) is 0 Å². The van der Waals surface area contributed by atoms with Gasteiger partial charge < -0.3 is 15.1 Å². The molecule has 0 amide bonds. The van der Waals surface area contributed by atoms with E-state index in [9.17, 15) is 19.7 Å². The van der Waals surface area contributed by atoms with E-state index in [-0.39, 0.29) is 0 Å². The van der Waals surface area contributed by atoms with Gasteiger partial charge in [0.1, 0.15) is 0 Å². The van der Waals surface area contributed by atoms with Crippen molar-refractivity contribution in [3.8, 4) is 0 Å². The Morgan fingerprint density at radius 2 is 1.78 bits per heavy atom. The highest BCUT2D eigenvalue weighted by Gasteiger charge is 2.43. The predicted molar refractivity (Wildman–Crippen MR) is 69.5 cm³/mol. The molecule has 100 valence electrons. The Hall–Kier alpha value is -0.670. The molecular weight excluding hydrogens is 251 g/mol. The van der Waals surface area contributed by atoms with Crippen LogP contribution in [0.25, 0.3) is 0 Å². The van der Waals surface area contributed by atoms with Crippen molar-refractivity contribution in [1.82, 2.24) is 0 Å². The second kappa shape index (κ2) is 5.54. The van der Waals surface area contributed by atoms with Crippen LogP contribution < -0.4 is 0 Å². The van der Waals surface area contributed by atoms with E-state index in [4.69, 9.17) is 0 Å². The maximum atomic E-state index is 12.4. The Morgan fingerprint density at radius 3 is 2.39 bits per heavy atom. The number of aliphatic hydroxyl groups is 2. The van der Waals surface area contributed by atoms with Gasteiger partial charge in [0, 0.05) is 0 Å². The quantitative estimate of drug-likeness (QED) is 0.736. The summed E-state index contributed by atoms with van der Waals surface area (Å²) in [6.45, 7) is 0. The number of hydrogen-bond acceptors (Lipinski definition) is 3. The second-order valence-corrected chi connectivity index (χ2v) is 7.37. The molecule has 18 heavy (non-hydrogen) atoms. The first kappa shape index (κ1) is 13.8. The first-order chi connectivity index (χ1) is 8.53. The van der Waals surface area contributed by atoms with Gasteiger partial charge in [-0.15, -0.1) is 0 Å². The minimum atomic E-state index is -3.83. The highest BCUT2D eigenvalue weighted by molar-refractivity contribution is 7.59. The number of rotatable bonds is 3. The lowest BCUT2D eigenvalue weighted by atomic mass is 9.97. The molecule has 3 N–H and O–H groups in total. The summed E-state index contributed by atoms with van der Waals surface area (Å²) in [5.41, 5.74) is -0.275. The van der Waals surface area contributed by atoms with Gasteiger partial charge in [-0.3, -0.25) is 4.57 Å². The number of aliphatic hydroxyl groups excluding tert-OH is 2. The first-order valence-corrected chi connectivity index (χ1v) is 8.06. The van der Waals surface area contributed by atoms with Crippen molar-refractivity contribution >= 4 is 7.37 Å². The summed E-state index contributed by atoms with van der Waals surface area (Å²) in [4.78, 5) is 10.2. The van der Waals surface area contributed by atoms with Gasteiger partial charge in [0.05, 0.1) is 11.8 Å². The van der Waals surface area contributed by atoms with Crippen LogP contribution in [0.5, 0.6) is 0 Å². The third kappa shape index (κ3) is 2.67. The predicted octanol–water partition coefficient (Wildman–Crippen LogP) is 2.25. The highest BCUT2D eigenvalue weighted by atomic mass is 31.2. The van der Waals surface area contributed by atoms with Gasteiger partial charge in [0.15, 0.2) is 5.85 Å². The SMILES string of the molecule is O=P(O)([C@H](O)c1ccccc1)[C@@H]1CCCC[C@H]1O. The Labute approximate surface area is 107 Å². The summed E-state index contributed by atoms with van der Waals surface area (Å²) in [5, 5.41) is 20.0. The fraction of sp³-hybridized carbons (Fsp3) is 0.538. The third-order valence-corrected chi connectivity index (χ3v) is 6.17. The van der Waals surface area contributed by atoms with E-state index >= 15 is 0 Å². The topological polar surface area (TPSA) is 77.8 Å². The van der Waals surface area contributed by atoms with Crippen LogP contribution in [0.1, 0.15) is 37.1 Å². The molecule has 0 spiro atoms. The van der Waals surface area contributed by atoms with Crippen molar-refractivity contribution in [1.29, 1.82) is 0 Å². The van der Waals surface area contributed by atoms with E-state index in [0.717, 1.165) is 12.8 Å². The molecule has 1 fully saturated rings. The maximum Gasteiger partial charge on any atom is 0.238 e. The average Bonchev–Trinajstić information content (AvgIpc) is 2.39. The van der Waals surface area contributed by atoms with Crippen molar-refractivity contribution in [3.05, 3.63) is 35.9 Å². The zero-order valence-corrected chi connectivity index (χ0v) is 11.0. The van der Waals surface area contributed by atoms with Crippen LogP contribution in [0, 0.1) is 0 Å². The Kier molecular flexibility index (Phi) is 4.23. The third-order valence-electron chi connectivity index (χ3n) is 3.62. The molecular formula is C13H19O4P. The minimum Gasteiger partial charge on any atom is -0.392 e. The van der Waals surface area contributed by atoms with E-state index in [2.05, 4.69) is 0 Å². The molecule has 1 saturated carbocycles. The average molecular weight is 270 g/mol. The zero-order chi connectivity index (χ0) is 13.2. The molecule has 0 radical (unpaired) electrons. The van der Waals surface area contributed by atoms with Crippen LogP contribution in [0.2, 0.25) is 0 Å². The van der Waals surface area contributed by atoms with Crippen LogP contribution >= 0.6 is 7.37 Å². The Morgan fingerprint density at radius 1 is 1.17 bits per heavy atom. The smallest absolute Gasteiger partial charge is 0.238 e. The van der Waals surface area contributed by atoms with Crippen LogP contribution in [0.15, 0.2) is 30.3 Å². The molecule has 1 unspecified atom stereocenters. The normalized spacial score (nSPS) is 29.5. The van der Waals surface area contributed by atoms with Crippen molar-refractivity contribution in [2.45, 2.75) is 43.3 Å². The summed E-state index contributed by atoms with van der Waals surface area (Å²) in [7, 11) is -3.83. The highest BCUT2D eigenvalue weighted by Crippen LogP contribution is 2.61. The summed E-state index contributed by atoms with van der Waals surface area (Å²) < 4.78 is 12.4. The Bertz CT molecular complexity index is 434. The van der Waals surface area contributed by atoms with Gasteiger partial charge >= 0.3 is 0 Å². The lowest BCUT2D eigenvalue weighted by molar-refractivity contribution is 0.122. The van der Waals surface area contributed by atoms with Crippen LogP contribution in [-0.4, -0.2) is 26.9 Å². The van der Waals surface area contributed by atoms with E-state index in [1.807, 2.05) is 0 Å². The fourth-order valence-electron chi connectivity index (χ4n) is 2.54. The van der Waals surface area contributed by atoms with Gasteiger partial charge in [-0.1, -0.05) is 43.2 Å². The molecule has 0 heterocycles. The van der Waals surface area contributed by atoms with Crippen LogP contribution in [0.3, 0.4) is 0 Å². The first-order valence-electron chi connectivity index (χ1n) is 6.26. The van der Waals surface area contributed by atoms with Crippen molar-refractivity contribution in [3.63, 3.8) is 0 Å². The van der Waals surface area contributed by atoms with Crippen molar-refractivity contribution in [2.24, 2.45) is 0 Å². The van der Waals surface area contributed by atoms with Gasteiger partial charge in [-0.2, -0.15) is 0 Å². The summed E-state index contributed by atoms with van der Waals surface area (Å²) in [6, 6.07) is 8.48. The second-order valence-electron chi connectivity index (χ2n) is 4.88. The molecule has 4 atom stereocenters. The molecule has 2 rings (SSSR count). The molecule has 1 aliphatic carbocycles. The van der Waals surface area contributed by atoms with Crippen molar-refractivity contribution in [2.75, 3.05) is 0 Å². The van der Waals surface area contributed by atoms with E-state index in [1.54, 1.807) is 30.3 Å². The molecule has 1 aromatic carbocycles. The van der Waals surface area contributed by atoms with E-state index < -0.39 is 25.0 Å². The summed E-state index contributed by atoms with van der Waals surface area (Å²) in [6.07, 6.45) is 1.95. The van der Waals surface area contributed by atoms with Gasteiger partial charge in [0.2, 0.25) is 7.37 Å². The van der Waals surface area contributed by atoms with Gasteiger partial charge in [0.25, 0.3) is 0 Å². The van der Waals surface area contributed by atoms with E-state index in [0.29, 0.717) is 18.4 Å². The molecule has 0 saturated heterocycles. The molecule has 4 nitrogen and oxygen atoms in total. The van der Waals surface area contributed by atoms with Crippen LogP contribution in [0.4, 0.5) is 0 Å². The molecule has 0 aromatic heterocycles. The molecule has 5 heteroatoms. The minimum absolute atomic E-state index is 0.432. The number of hydrogen-bond donors (Lipinski definition) is 3. The fourth-order valence-corrected chi connectivity index (χ4v) is 4.70. The summed E-state index contributed by atoms with van der Waals surface area (Å²) in [5.74, 6) is -1.41. The largest absolute Gasteiger partial charge is 0.392 e. The van der Waals surface area contributed by atoms with Crippen molar-refractivity contribution < 1.29 is 19.7 Å². The summed E-state index contributed by atoms with van der Waals surface area (Å²) >= 11 is 0. The number of benzene rings is 1. The Balaban J connectivity index is 2.22.